The van der Waals surface area contributed by atoms with Gasteiger partial charge in [0.2, 0.25) is 0 Å². The molecule has 2 rings (SSSR count). The summed E-state index contributed by atoms with van der Waals surface area (Å²) in [6.45, 7) is -0.175. The van der Waals surface area contributed by atoms with Crippen LogP contribution in [0.15, 0.2) is 42.5 Å². The number of carbonyl (C=O) groups is 1. The Morgan fingerprint density at radius 1 is 1.09 bits per heavy atom. The number of benzene rings is 2. The second-order valence-corrected chi connectivity index (χ2v) is 4.70. The highest BCUT2D eigenvalue weighted by Gasteiger charge is 2.18. The Kier molecular flexibility index (Phi) is 5.16. The summed E-state index contributed by atoms with van der Waals surface area (Å²) in [5.74, 6) is -5.22. The molecule has 1 unspecified atom stereocenters. The normalized spacial score (nSPS) is 12.0. The van der Waals surface area contributed by atoms with Gasteiger partial charge in [0.1, 0.15) is 0 Å². The molecule has 1 atom stereocenters. The molecule has 0 aliphatic carbocycles. The van der Waals surface area contributed by atoms with Crippen molar-refractivity contribution in [2.75, 3.05) is 6.61 Å². The molecule has 6 heteroatoms. The Bertz CT molecular complexity index is 639. The van der Waals surface area contributed by atoms with E-state index in [4.69, 9.17) is 5.11 Å². The van der Waals surface area contributed by atoms with Crippen molar-refractivity contribution >= 4 is 5.91 Å². The second kappa shape index (κ2) is 7.09. The van der Waals surface area contributed by atoms with Crippen LogP contribution in [-0.4, -0.2) is 17.6 Å². The zero-order chi connectivity index (χ0) is 16.1. The molecule has 0 bridgehead atoms. The van der Waals surface area contributed by atoms with Gasteiger partial charge in [-0.1, -0.05) is 30.3 Å². The molecular formula is C16H14F3NO2. The topological polar surface area (TPSA) is 49.3 Å². The van der Waals surface area contributed by atoms with Gasteiger partial charge in [0.25, 0.3) is 5.91 Å². The van der Waals surface area contributed by atoms with Crippen molar-refractivity contribution in [3.8, 4) is 0 Å². The lowest BCUT2D eigenvalue weighted by molar-refractivity contribution is 0.0928. The largest absolute Gasteiger partial charge is 0.396 e. The van der Waals surface area contributed by atoms with E-state index >= 15 is 0 Å². The van der Waals surface area contributed by atoms with Crippen LogP contribution in [0, 0.1) is 17.5 Å². The van der Waals surface area contributed by atoms with Crippen LogP contribution in [0.25, 0.3) is 0 Å². The maximum Gasteiger partial charge on any atom is 0.251 e. The third-order valence-electron chi connectivity index (χ3n) is 3.17. The predicted octanol–water partition coefficient (Wildman–Crippen LogP) is 2.96. The van der Waals surface area contributed by atoms with E-state index in [0.717, 1.165) is 5.56 Å². The minimum atomic E-state index is -1.62. The molecule has 0 saturated carbocycles. The molecule has 3 nitrogen and oxygen atoms in total. The zero-order valence-corrected chi connectivity index (χ0v) is 11.5. The van der Waals surface area contributed by atoms with Crippen molar-refractivity contribution < 1.29 is 23.1 Å². The van der Waals surface area contributed by atoms with Gasteiger partial charge in [0.15, 0.2) is 17.5 Å². The fourth-order valence-electron chi connectivity index (χ4n) is 2.06. The number of halogens is 3. The number of rotatable bonds is 5. The average Bonchev–Trinajstić information content (AvgIpc) is 2.52. The zero-order valence-electron chi connectivity index (χ0n) is 11.5. The highest BCUT2D eigenvalue weighted by Crippen LogP contribution is 2.18. The van der Waals surface area contributed by atoms with E-state index in [1.54, 1.807) is 30.3 Å². The van der Waals surface area contributed by atoms with Crippen molar-refractivity contribution in [1.29, 1.82) is 0 Å². The average molecular weight is 309 g/mol. The lowest BCUT2D eigenvalue weighted by Crippen LogP contribution is -2.29. The minimum Gasteiger partial charge on any atom is -0.396 e. The molecule has 0 saturated heterocycles. The monoisotopic (exact) mass is 309 g/mol. The molecule has 0 radical (unpaired) electrons. The first kappa shape index (κ1) is 16.0. The summed E-state index contributed by atoms with van der Waals surface area (Å²) >= 11 is 0. The van der Waals surface area contributed by atoms with E-state index in [2.05, 4.69) is 5.32 Å². The summed E-state index contributed by atoms with van der Waals surface area (Å²) in [6, 6.07) is 9.59. The van der Waals surface area contributed by atoms with Crippen LogP contribution in [0.3, 0.4) is 0 Å². The number of nitrogens with one attached hydrogen (secondary N) is 1. The van der Waals surface area contributed by atoms with Crippen molar-refractivity contribution in [3.63, 3.8) is 0 Å². The van der Waals surface area contributed by atoms with Crippen LogP contribution in [0.2, 0.25) is 0 Å². The van der Waals surface area contributed by atoms with E-state index in [-0.39, 0.29) is 18.6 Å². The lowest BCUT2D eigenvalue weighted by Gasteiger charge is -2.18. The third kappa shape index (κ3) is 3.65. The van der Waals surface area contributed by atoms with Crippen molar-refractivity contribution in [1.82, 2.24) is 5.32 Å². The number of hydrogen-bond donors (Lipinski definition) is 2. The Hall–Kier alpha value is -2.34. The number of aliphatic hydroxyl groups excluding tert-OH is 1. The van der Waals surface area contributed by atoms with E-state index in [1.165, 1.54) is 0 Å². The Labute approximate surface area is 125 Å². The van der Waals surface area contributed by atoms with E-state index < -0.39 is 29.4 Å². The molecule has 2 aromatic rings. The highest BCUT2D eigenvalue weighted by molar-refractivity contribution is 5.94. The molecule has 1 amide bonds. The standard InChI is InChI=1S/C16H14F3NO2/c17-12-8-11(9-13(18)15(12)19)16(22)20-14(6-7-21)10-4-2-1-3-5-10/h1-5,8-9,14,21H,6-7H2,(H,20,22). The van der Waals surface area contributed by atoms with Gasteiger partial charge in [-0.3, -0.25) is 4.79 Å². The van der Waals surface area contributed by atoms with Gasteiger partial charge < -0.3 is 10.4 Å². The fourth-order valence-corrected chi connectivity index (χ4v) is 2.06. The van der Waals surface area contributed by atoms with Gasteiger partial charge in [-0.05, 0) is 24.1 Å². The Balaban J connectivity index is 2.22. The van der Waals surface area contributed by atoms with E-state index in [9.17, 15) is 18.0 Å². The van der Waals surface area contributed by atoms with E-state index in [0.29, 0.717) is 12.1 Å². The van der Waals surface area contributed by atoms with Crippen LogP contribution in [-0.2, 0) is 0 Å². The number of carbonyl (C=O) groups excluding carboxylic acids is 1. The first-order valence-electron chi connectivity index (χ1n) is 6.64. The summed E-state index contributed by atoms with van der Waals surface area (Å²) in [5.41, 5.74) is 0.420. The highest BCUT2D eigenvalue weighted by atomic mass is 19.2. The summed E-state index contributed by atoms with van der Waals surface area (Å²) < 4.78 is 39.3. The van der Waals surface area contributed by atoms with Gasteiger partial charge in [-0.25, -0.2) is 13.2 Å². The fraction of sp³-hybridized carbons (Fsp3) is 0.188. The third-order valence-corrected chi connectivity index (χ3v) is 3.17. The van der Waals surface area contributed by atoms with Crippen molar-refractivity contribution in [2.45, 2.75) is 12.5 Å². The molecule has 2 aromatic carbocycles. The Morgan fingerprint density at radius 3 is 2.23 bits per heavy atom. The molecule has 0 spiro atoms. The summed E-state index contributed by atoms with van der Waals surface area (Å²) in [7, 11) is 0. The van der Waals surface area contributed by atoms with Gasteiger partial charge in [0, 0.05) is 12.2 Å². The molecule has 0 fully saturated rings. The Morgan fingerprint density at radius 2 is 1.68 bits per heavy atom. The first-order chi connectivity index (χ1) is 10.5. The van der Waals surface area contributed by atoms with Gasteiger partial charge >= 0.3 is 0 Å². The number of aliphatic hydroxyl groups is 1. The maximum atomic E-state index is 13.2. The second-order valence-electron chi connectivity index (χ2n) is 4.70. The van der Waals surface area contributed by atoms with Gasteiger partial charge in [-0.2, -0.15) is 0 Å². The van der Waals surface area contributed by atoms with Crippen LogP contribution in [0.5, 0.6) is 0 Å². The molecule has 0 aromatic heterocycles. The lowest BCUT2D eigenvalue weighted by atomic mass is 10.0. The maximum absolute atomic E-state index is 13.2. The van der Waals surface area contributed by atoms with Crippen LogP contribution >= 0.6 is 0 Å². The molecular weight excluding hydrogens is 295 g/mol. The predicted molar refractivity (Wildman–Crippen MR) is 74.7 cm³/mol. The van der Waals surface area contributed by atoms with Gasteiger partial charge in [0.05, 0.1) is 6.04 Å². The minimum absolute atomic E-state index is 0.175. The molecule has 0 aliphatic rings. The molecule has 116 valence electrons. The van der Waals surface area contributed by atoms with E-state index in [1.807, 2.05) is 0 Å². The summed E-state index contributed by atoms with van der Waals surface area (Å²) in [6.07, 6.45) is 0.238. The van der Waals surface area contributed by atoms with Crippen molar-refractivity contribution in [3.05, 3.63) is 71.0 Å². The van der Waals surface area contributed by atoms with Crippen LogP contribution in [0.4, 0.5) is 13.2 Å². The van der Waals surface area contributed by atoms with Gasteiger partial charge in [-0.15, -0.1) is 0 Å². The summed E-state index contributed by atoms with van der Waals surface area (Å²) in [4.78, 5) is 12.1. The van der Waals surface area contributed by atoms with Crippen LogP contribution in [0.1, 0.15) is 28.4 Å². The molecule has 22 heavy (non-hydrogen) atoms. The van der Waals surface area contributed by atoms with Crippen LogP contribution < -0.4 is 5.32 Å². The summed E-state index contributed by atoms with van der Waals surface area (Å²) in [5, 5.41) is 11.7. The quantitative estimate of drug-likeness (QED) is 0.834. The number of hydrogen-bond acceptors (Lipinski definition) is 2. The molecule has 0 heterocycles. The first-order valence-corrected chi connectivity index (χ1v) is 6.64. The smallest absolute Gasteiger partial charge is 0.251 e. The van der Waals surface area contributed by atoms with Crippen molar-refractivity contribution in [2.24, 2.45) is 0 Å². The molecule has 0 aliphatic heterocycles. The molecule has 2 N–H and O–H groups in total. The SMILES string of the molecule is O=C(NC(CCO)c1ccccc1)c1cc(F)c(F)c(F)c1. The number of amides is 1.